The second kappa shape index (κ2) is 11.0. The van der Waals surface area contributed by atoms with Gasteiger partial charge in [0.1, 0.15) is 18.0 Å². The van der Waals surface area contributed by atoms with E-state index in [4.69, 9.17) is 4.98 Å². The molecular weight excluding hydrogens is 538 g/mol. The molecule has 2 atom stereocenters. The summed E-state index contributed by atoms with van der Waals surface area (Å²) in [6.45, 7) is 10.1. The summed E-state index contributed by atoms with van der Waals surface area (Å²) < 4.78 is 56.4. The molecule has 3 heterocycles. The lowest BCUT2D eigenvalue weighted by Gasteiger charge is -2.35. The number of hydrogen-bond donors (Lipinski definition) is 0. The fraction of sp³-hybridized carbons (Fsp3) is 0.407. The monoisotopic (exact) mass is 570 g/mol. The van der Waals surface area contributed by atoms with Crippen molar-refractivity contribution in [3.8, 4) is 17.2 Å². The highest BCUT2D eigenvalue weighted by molar-refractivity contribution is 7.88. The Hall–Kier alpha value is -3.71. The molecule has 1 aromatic carbocycles. The Morgan fingerprint density at radius 3 is 2.33 bits per heavy atom. The third kappa shape index (κ3) is 5.10. The van der Waals surface area contributed by atoms with Crippen LogP contribution >= 0.6 is 0 Å². The Bertz CT molecular complexity index is 1620. The lowest BCUT2D eigenvalue weighted by molar-refractivity contribution is 0.374. The molecule has 0 aliphatic carbocycles. The lowest BCUT2D eigenvalue weighted by atomic mass is 9.70. The van der Waals surface area contributed by atoms with Crippen LogP contribution in [0.3, 0.4) is 0 Å². The van der Waals surface area contributed by atoms with Crippen molar-refractivity contribution in [3.05, 3.63) is 71.4 Å². The highest BCUT2D eigenvalue weighted by atomic mass is 32.2. The molecule has 0 saturated heterocycles. The van der Waals surface area contributed by atoms with Gasteiger partial charge in [-0.15, -0.1) is 10.2 Å². The smallest absolute Gasteiger partial charge is 0.220 e. The molecule has 40 heavy (non-hydrogen) atoms. The van der Waals surface area contributed by atoms with Gasteiger partial charge in [0.05, 0.1) is 28.1 Å². The topological polar surface area (TPSA) is 120 Å². The lowest BCUT2D eigenvalue weighted by Crippen LogP contribution is -2.35. The van der Waals surface area contributed by atoms with Crippen molar-refractivity contribution in [2.45, 2.75) is 57.5 Å². The Labute approximate surface area is 232 Å². The van der Waals surface area contributed by atoms with Gasteiger partial charge in [-0.05, 0) is 55.0 Å². The van der Waals surface area contributed by atoms with Gasteiger partial charge in [-0.2, -0.15) is 9.78 Å². The first kappa shape index (κ1) is 29.3. The Kier molecular flexibility index (Phi) is 8.08. The van der Waals surface area contributed by atoms with Gasteiger partial charge in [-0.1, -0.05) is 33.8 Å². The van der Waals surface area contributed by atoms with E-state index in [0.29, 0.717) is 11.4 Å². The Balaban J connectivity index is 1.87. The highest BCUT2D eigenvalue weighted by Crippen LogP contribution is 2.42. The van der Waals surface area contributed by atoms with Crippen LogP contribution in [0.4, 0.5) is 8.78 Å². The van der Waals surface area contributed by atoms with Gasteiger partial charge in [0.2, 0.25) is 0 Å². The summed E-state index contributed by atoms with van der Waals surface area (Å²) in [6, 6.07) is 7.15. The number of nitrogens with zero attached hydrogens (tertiary/aromatic N) is 8. The summed E-state index contributed by atoms with van der Waals surface area (Å²) in [5.74, 6) is -1.36. The molecule has 0 saturated carbocycles. The third-order valence-corrected chi connectivity index (χ3v) is 9.00. The zero-order valence-corrected chi connectivity index (χ0v) is 24.3. The quantitative estimate of drug-likeness (QED) is 0.288. The van der Waals surface area contributed by atoms with Crippen molar-refractivity contribution >= 4 is 10.0 Å². The van der Waals surface area contributed by atoms with E-state index in [2.05, 4.69) is 25.3 Å². The van der Waals surface area contributed by atoms with Crippen LogP contribution in [0.25, 0.3) is 17.2 Å². The zero-order valence-electron chi connectivity index (χ0n) is 23.5. The van der Waals surface area contributed by atoms with Crippen molar-refractivity contribution in [1.82, 2.24) is 39.2 Å². The average molecular weight is 571 g/mol. The number of sulfonamides is 1. The minimum Gasteiger partial charge on any atom is -0.220 e. The second-order valence-corrected chi connectivity index (χ2v) is 12.3. The number of aromatic nitrogens is 7. The van der Waals surface area contributed by atoms with E-state index < -0.39 is 27.1 Å². The van der Waals surface area contributed by atoms with E-state index in [1.54, 1.807) is 18.3 Å². The number of benzene rings is 1. The van der Waals surface area contributed by atoms with Gasteiger partial charge in [0.15, 0.2) is 0 Å². The van der Waals surface area contributed by atoms with Crippen LogP contribution in [-0.2, 0) is 15.4 Å². The molecule has 10 nitrogen and oxygen atoms in total. The maximum Gasteiger partial charge on any atom is 0.282 e. The van der Waals surface area contributed by atoms with Gasteiger partial charge in [-0.3, -0.25) is 0 Å². The number of halogens is 2. The fourth-order valence-electron chi connectivity index (χ4n) is 4.33. The number of rotatable bonds is 9. The minimum absolute atomic E-state index is 0.00687. The molecule has 0 radical (unpaired) electrons. The summed E-state index contributed by atoms with van der Waals surface area (Å²) in [7, 11) is -1.06. The van der Waals surface area contributed by atoms with Crippen molar-refractivity contribution in [2.75, 3.05) is 14.1 Å². The van der Waals surface area contributed by atoms with Crippen LogP contribution in [0.1, 0.15) is 63.9 Å². The maximum atomic E-state index is 14.6. The largest absolute Gasteiger partial charge is 0.282 e. The molecule has 0 aliphatic rings. The summed E-state index contributed by atoms with van der Waals surface area (Å²) in [5.41, 5.74) is 1.08. The zero-order chi connectivity index (χ0) is 29.4. The van der Waals surface area contributed by atoms with E-state index in [1.807, 2.05) is 34.6 Å². The molecule has 13 heteroatoms. The van der Waals surface area contributed by atoms with E-state index >= 15 is 0 Å². The molecule has 3 aromatic heterocycles. The first-order valence-electron chi connectivity index (χ1n) is 12.8. The predicted molar refractivity (Wildman–Crippen MR) is 145 cm³/mol. The summed E-state index contributed by atoms with van der Waals surface area (Å²) >= 11 is 0. The SMILES string of the molecule is CC[C@H](C)c1cc(-c2c(F)cccc2F)nnc1[C@](C)(c1ccnc(-n2cnc(S(=O)(=O)N(C)C)n2)n1)C(C)C. The van der Waals surface area contributed by atoms with Gasteiger partial charge in [0.25, 0.3) is 21.1 Å². The first-order valence-corrected chi connectivity index (χ1v) is 14.3. The van der Waals surface area contributed by atoms with Gasteiger partial charge in [-0.25, -0.2) is 36.5 Å². The maximum absolute atomic E-state index is 14.6. The Morgan fingerprint density at radius 2 is 1.73 bits per heavy atom. The molecule has 0 amide bonds. The molecule has 4 aromatic rings. The molecular formula is C27H32F2N8O2S. The molecule has 0 spiro atoms. The van der Waals surface area contributed by atoms with Crippen LogP contribution in [0.2, 0.25) is 0 Å². The van der Waals surface area contributed by atoms with E-state index in [9.17, 15) is 17.2 Å². The van der Waals surface area contributed by atoms with E-state index in [0.717, 1.165) is 16.3 Å². The molecule has 4 rings (SSSR count). The van der Waals surface area contributed by atoms with Crippen molar-refractivity contribution in [3.63, 3.8) is 0 Å². The van der Waals surface area contributed by atoms with E-state index in [-0.39, 0.29) is 34.2 Å². The van der Waals surface area contributed by atoms with Crippen molar-refractivity contribution in [1.29, 1.82) is 0 Å². The molecule has 0 fully saturated rings. The summed E-state index contributed by atoms with van der Waals surface area (Å²) in [6.07, 6.45) is 3.55. The van der Waals surface area contributed by atoms with Crippen LogP contribution in [-0.4, -0.2) is 61.7 Å². The van der Waals surface area contributed by atoms with Gasteiger partial charge >= 0.3 is 0 Å². The highest BCUT2D eigenvalue weighted by Gasteiger charge is 2.39. The standard InChI is InChI=1S/C27H32F2N8O2S/c1-8-17(4)18-14-21(23-19(28)10-9-11-20(23)29)33-34-24(18)27(5,16(2)3)22-12-13-30-25(32-22)37-15-31-26(35-37)40(38,39)36(6)7/h9-17H,8H2,1-7H3/t17-,27-/m0/s1. The summed E-state index contributed by atoms with van der Waals surface area (Å²) in [5, 5.41) is 12.6. The van der Waals surface area contributed by atoms with Crippen molar-refractivity contribution in [2.24, 2.45) is 5.92 Å². The van der Waals surface area contributed by atoms with Crippen LogP contribution < -0.4 is 0 Å². The molecule has 0 unspecified atom stereocenters. The summed E-state index contributed by atoms with van der Waals surface area (Å²) in [4.78, 5) is 13.0. The molecule has 0 aliphatic heterocycles. The normalized spacial score (nSPS) is 14.5. The number of hydrogen-bond acceptors (Lipinski definition) is 8. The van der Waals surface area contributed by atoms with Crippen LogP contribution in [0.5, 0.6) is 0 Å². The second-order valence-electron chi connectivity index (χ2n) is 10.3. The first-order chi connectivity index (χ1) is 18.8. The van der Waals surface area contributed by atoms with Crippen LogP contribution in [0.15, 0.2) is 48.0 Å². The Morgan fingerprint density at radius 1 is 1.05 bits per heavy atom. The fourth-order valence-corrected chi connectivity index (χ4v) is 5.03. The predicted octanol–water partition coefficient (Wildman–Crippen LogP) is 4.52. The molecule has 212 valence electrons. The third-order valence-electron chi connectivity index (χ3n) is 7.39. The average Bonchev–Trinajstić information content (AvgIpc) is 3.43. The van der Waals surface area contributed by atoms with Crippen molar-refractivity contribution < 1.29 is 17.2 Å². The van der Waals surface area contributed by atoms with Gasteiger partial charge < -0.3 is 0 Å². The van der Waals surface area contributed by atoms with E-state index in [1.165, 1.54) is 43.3 Å². The van der Waals surface area contributed by atoms with Gasteiger partial charge in [0, 0.05) is 20.3 Å². The molecule has 0 N–H and O–H groups in total. The van der Waals surface area contributed by atoms with Crippen LogP contribution in [0, 0.1) is 17.6 Å². The minimum atomic E-state index is -3.85. The molecule has 0 bridgehead atoms.